The summed E-state index contributed by atoms with van der Waals surface area (Å²) in [5.74, 6) is 0.977. The molecule has 3 atom stereocenters. The number of carbonyl (C=O) groups excluding carboxylic acids is 2. The number of nitrogens with zero attached hydrogens (tertiary/aromatic N) is 1. The van der Waals surface area contributed by atoms with E-state index in [1.54, 1.807) is 0 Å². The molecule has 0 bridgehead atoms. The monoisotopic (exact) mass is 474 g/mol. The number of carbonyl (C=O) groups is 3. The van der Waals surface area contributed by atoms with Crippen LogP contribution in [-0.2, 0) is 14.3 Å². The van der Waals surface area contributed by atoms with E-state index in [0.29, 0.717) is 51.2 Å². The molecule has 2 heterocycles. The predicted octanol–water partition coefficient (Wildman–Crippen LogP) is 1.64. The molecule has 2 rings (SSSR count). The minimum Gasteiger partial charge on any atom is -0.465 e. The summed E-state index contributed by atoms with van der Waals surface area (Å²) in [6.45, 7) is 7.78. The third kappa shape index (κ3) is 9.03. The van der Waals surface area contributed by atoms with Crippen molar-refractivity contribution in [2.75, 3.05) is 45.3 Å². The Bertz CT molecular complexity index is 630. The molecular formula is C21H38N4O6S. The van der Waals surface area contributed by atoms with Gasteiger partial charge in [0.1, 0.15) is 0 Å². The number of carboxylic acid groups (broad SMARTS) is 1. The van der Waals surface area contributed by atoms with Gasteiger partial charge in [-0.2, -0.15) is 11.8 Å². The number of fused-ring (bicyclic) bond motifs is 1. The van der Waals surface area contributed by atoms with Gasteiger partial charge in [-0.05, 0) is 33.6 Å². The predicted molar refractivity (Wildman–Crippen MR) is 123 cm³/mol. The number of nitrogens with one attached hydrogen (secondary N) is 3. The fourth-order valence-electron chi connectivity index (χ4n) is 3.82. The highest BCUT2D eigenvalue weighted by Crippen LogP contribution is 2.33. The van der Waals surface area contributed by atoms with E-state index in [1.807, 2.05) is 32.5 Å². The van der Waals surface area contributed by atoms with E-state index in [9.17, 15) is 19.5 Å². The fraction of sp³-hybridized carbons (Fsp3) is 0.857. The first-order valence-electron chi connectivity index (χ1n) is 11.3. The van der Waals surface area contributed by atoms with Crippen LogP contribution in [0.2, 0.25) is 0 Å². The summed E-state index contributed by atoms with van der Waals surface area (Å²) in [5, 5.41) is 18.4. The molecule has 3 unspecified atom stereocenters. The van der Waals surface area contributed by atoms with Crippen molar-refractivity contribution in [2.24, 2.45) is 0 Å². The first kappa shape index (κ1) is 26.5. The van der Waals surface area contributed by atoms with Gasteiger partial charge in [0.05, 0.1) is 38.5 Å². The van der Waals surface area contributed by atoms with Gasteiger partial charge in [0.2, 0.25) is 5.91 Å². The van der Waals surface area contributed by atoms with Crippen LogP contribution in [0.4, 0.5) is 9.59 Å². The van der Waals surface area contributed by atoms with Crippen molar-refractivity contribution in [1.82, 2.24) is 20.9 Å². The minimum absolute atomic E-state index is 0.0218. The van der Waals surface area contributed by atoms with Gasteiger partial charge in [-0.3, -0.25) is 4.79 Å². The van der Waals surface area contributed by atoms with Crippen LogP contribution in [0.3, 0.4) is 0 Å². The van der Waals surface area contributed by atoms with Crippen LogP contribution in [0.25, 0.3) is 0 Å². The topological polar surface area (TPSA) is 129 Å². The van der Waals surface area contributed by atoms with Gasteiger partial charge < -0.3 is 35.4 Å². The molecule has 0 aromatic rings. The molecule has 10 nitrogen and oxygen atoms in total. The Hall–Kier alpha value is -1.72. The molecule has 0 aliphatic carbocycles. The Balaban J connectivity index is 1.39. The molecule has 0 aromatic carbocycles. The second-order valence-electron chi connectivity index (χ2n) is 9.05. The van der Waals surface area contributed by atoms with Crippen molar-refractivity contribution in [2.45, 2.75) is 69.3 Å². The van der Waals surface area contributed by atoms with E-state index in [-0.39, 0.29) is 24.0 Å². The van der Waals surface area contributed by atoms with E-state index in [1.165, 1.54) is 4.90 Å². The Morgan fingerprint density at radius 3 is 2.56 bits per heavy atom. The highest BCUT2D eigenvalue weighted by atomic mass is 32.2. The zero-order valence-corrected chi connectivity index (χ0v) is 20.2. The molecule has 0 aromatic heterocycles. The normalized spacial score (nSPS) is 22.2. The maximum atomic E-state index is 11.9. The van der Waals surface area contributed by atoms with Gasteiger partial charge in [-0.15, -0.1) is 0 Å². The number of hydrogen-bond donors (Lipinski definition) is 4. The summed E-state index contributed by atoms with van der Waals surface area (Å²) < 4.78 is 10.9. The number of thioether (sulfide) groups is 1. The van der Waals surface area contributed by atoms with Gasteiger partial charge in [0, 0.05) is 36.1 Å². The van der Waals surface area contributed by atoms with Crippen LogP contribution in [0.5, 0.6) is 0 Å². The molecule has 2 aliphatic rings. The van der Waals surface area contributed by atoms with Gasteiger partial charge in [-0.25, -0.2) is 9.59 Å². The molecule has 2 aliphatic heterocycles. The summed E-state index contributed by atoms with van der Waals surface area (Å²) in [7, 11) is 0. The molecule has 184 valence electrons. The quantitative estimate of drug-likeness (QED) is 0.222. The average Bonchev–Trinajstić information content (AvgIpc) is 3.24. The molecule has 11 heteroatoms. The van der Waals surface area contributed by atoms with Crippen molar-refractivity contribution in [3.63, 3.8) is 0 Å². The molecule has 0 spiro atoms. The maximum absolute atomic E-state index is 11.9. The molecule has 2 saturated heterocycles. The maximum Gasteiger partial charge on any atom is 0.407 e. The van der Waals surface area contributed by atoms with E-state index in [4.69, 9.17) is 9.47 Å². The average molecular weight is 475 g/mol. The number of rotatable bonds is 14. The lowest BCUT2D eigenvalue weighted by atomic mass is 10.0. The van der Waals surface area contributed by atoms with Gasteiger partial charge in [0.25, 0.3) is 0 Å². The number of hydrogen-bond acceptors (Lipinski definition) is 6. The molecule has 0 saturated carbocycles. The summed E-state index contributed by atoms with van der Waals surface area (Å²) in [5.41, 5.74) is -0.465. The first-order chi connectivity index (χ1) is 15.2. The van der Waals surface area contributed by atoms with Crippen molar-refractivity contribution in [1.29, 1.82) is 0 Å². The first-order valence-corrected chi connectivity index (χ1v) is 12.3. The van der Waals surface area contributed by atoms with Crippen LogP contribution in [0, 0.1) is 0 Å². The van der Waals surface area contributed by atoms with Crippen LogP contribution >= 0.6 is 11.8 Å². The Morgan fingerprint density at radius 1 is 1.16 bits per heavy atom. The van der Waals surface area contributed by atoms with Gasteiger partial charge in [-0.1, -0.05) is 6.42 Å². The molecule has 4 N–H and O–H groups in total. The molecule has 0 radical (unpaired) electrons. The number of unbranched alkanes of at least 4 members (excludes halogenated alkanes) is 1. The summed E-state index contributed by atoms with van der Waals surface area (Å²) in [6.07, 6.45) is 2.33. The number of amides is 4. The Morgan fingerprint density at radius 2 is 1.88 bits per heavy atom. The second kappa shape index (κ2) is 13.1. The Labute approximate surface area is 194 Å². The highest BCUT2D eigenvalue weighted by molar-refractivity contribution is 8.00. The van der Waals surface area contributed by atoms with Crippen molar-refractivity contribution < 1.29 is 29.0 Å². The van der Waals surface area contributed by atoms with Crippen LogP contribution in [0.1, 0.15) is 46.5 Å². The van der Waals surface area contributed by atoms with Gasteiger partial charge in [0.15, 0.2) is 0 Å². The molecule has 4 amide bonds. The minimum atomic E-state index is -0.959. The van der Waals surface area contributed by atoms with Crippen LogP contribution in [0.15, 0.2) is 0 Å². The van der Waals surface area contributed by atoms with Crippen LogP contribution < -0.4 is 16.0 Å². The third-order valence-corrected chi connectivity index (χ3v) is 7.03. The number of ether oxygens (including phenoxy) is 2. The number of urea groups is 1. The van der Waals surface area contributed by atoms with Crippen LogP contribution in [-0.4, -0.2) is 96.2 Å². The van der Waals surface area contributed by atoms with Crippen molar-refractivity contribution in [3.8, 4) is 0 Å². The smallest absolute Gasteiger partial charge is 0.407 e. The lowest BCUT2D eigenvalue weighted by Gasteiger charge is -2.32. The third-order valence-electron chi connectivity index (χ3n) is 5.52. The largest absolute Gasteiger partial charge is 0.465 e. The standard InChI is InChI=1S/C21H38N4O6S/c1-21(2,3)25(20(28)29)9-11-31-13-12-30-10-8-22-17(26)7-5-4-6-16-18-15(14-32-16)23-19(27)24-18/h15-16,18H,4-14H2,1-3H3,(H,22,26)(H,28,29)(H2,23,24,27). The van der Waals surface area contributed by atoms with Crippen molar-refractivity contribution >= 4 is 29.8 Å². The zero-order valence-electron chi connectivity index (χ0n) is 19.4. The molecular weight excluding hydrogens is 436 g/mol. The van der Waals surface area contributed by atoms with E-state index < -0.39 is 11.6 Å². The zero-order chi connectivity index (χ0) is 23.6. The van der Waals surface area contributed by atoms with E-state index in [0.717, 1.165) is 25.0 Å². The lowest BCUT2D eigenvalue weighted by Crippen LogP contribution is -2.46. The summed E-state index contributed by atoms with van der Waals surface area (Å²) in [4.78, 5) is 35.9. The summed E-state index contributed by atoms with van der Waals surface area (Å²) in [6, 6.07) is 0.398. The fourth-order valence-corrected chi connectivity index (χ4v) is 5.36. The van der Waals surface area contributed by atoms with Gasteiger partial charge >= 0.3 is 12.1 Å². The van der Waals surface area contributed by atoms with Crippen molar-refractivity contribution in [3.05, 3.63) is 0 Å². The molecule has 2 fully saturated rings. The SMILES string of the molecule is CC(C)(C)N(CCOCCOCCNC(=O)CCCCC1SCC2NC(=O)NC21)C(=O)O. The highest BCUT2D eigenvalue weighted by Gasteiger charge is 2.42. The molecule has 32 heavy (non-hydrogen) atoms. The second-order valence-corrected chi connectivity index (χ2v) is 10.3. The lowest BCUT2D eigenvalue weighted by molar-refractivity contribution is -0.121. The van der Waals surface area contributed by atoms with E-state index >= 15 is 0 Å². The summed E-state index contributed by atoms with van der Waals surface area (Å²) >= 11 is 1.89. The Kier molecular flexibility index (Phi) is 10.9. The van der Waals surface area contributed by atoms with E-state index in [2.05, 4.69) is 16.0 Å².